The maximum Gasteiger partial charge on any atom is 0.306 e. The number of benzene rings is 1. The average Bonchev–Trinajstić information content (AvgIpc) is 2.28. The number of ether oxygens (including phenoxy) is 1. The molecule has 0 radical (unpaired) electrons. The van der Waals surface area contributed by atoms with Crippen molar-refractivity contribution < 1.29 is 9.53 Å². The summed E-state index contributed by atoms with van der Waals surface area (Å²) in [6.07, 6.45) is 4.71. The van der Waals surface area contributed by atoms with E-state index in [0.717, 1.165) is 25.7 Å². The van der Waals surface area contributed by atoms with Crippen LogP contribution in [0.5, 0.6) is 0 Å². The summed E-state index contributed by atoms with van der Waals surface area (Å²) in [7, 11) is 0. The first-order valence-electron chi connectivity index (χ1n) is 5.58. The number of rotatable bonds is 3. The third kappa shape index (κ3) is 3.08. The van der Waals surface area contributed by atoms with Crippen molar-refractivity contribution in [1.82, 2.24) is 0 Å². The number of esters is 1. The molecule has 0 saturated carbocycles. The van der Waals surface area contributed by atoms with Crippen LogP contribution in [0.15, 0.2) is 30.3 Å². The van der Waals surface area contributed by atoms with Crippen LogP contribution in [0.4, 0.5) is 0 Å². The maximum atomic E-state index is 11.1. The van der Waals surface area contributed by atoms with Crippen molar-refractivity contribution in [2.24, 2.45) is 0 Å². The summed E-state index contributed by atoms with van der Waals surface area (Å²) in [5.41, 5.74) is 1.32. The van der Waals surface area contributed by atoms with Crippen molar-refractivity contribution in [3.63, 3.8) is 0 Å². The number of hydrogen-bond donors (Lipinski definition) is 0. The number of carbonyl (C=O) groups excluding carboxylic acids is 1. The molecule has 1 saturated heterocycles. The molecule has 0 bridgehead atoms. The topological polar surface area (TPSA) is 26.3 Å². The summed E-state index contributed by atoms with van der Waals surface area (Å²) in [4.78, 5) is 11.1. The Balaban J connectivity index is 1.80. The highest BCUT2D eigenvalue weighted by atomic mass is 16.5. The molecule has 1 aliphatic rings. The fourth-order valence-electron chi connectivity index (χ4n) is 1.95. The van der Waals surface area contributed by atoms with Crippen LogP contribution >= 0.6 is 0 Å². The Morgan fingerprint density at radius 1 is 1.27 bits per heavy atom. The van der Waals surface area contributed by atoms with Gasteiger partial charge in [-0.25, -0.2) is 0 Å². The van der Waals surface area contributed by atoms with Crippen LogP contribution in [0, 0.1) is 0 Å². The molecule has 2 rings (SSSR count). The largest absolute Gasteiger partial charge is 0.462 e. The highest BCUT2D eigenvalue weighted by Crippen LogP contribution is 2.18. The lowest BCUT2D eigenvalue weighted by molar-refractivity contribution is -0.153. The van der Waals surface area contributed by atoms with Crippen molar-refractivity contribution in [3.8, 4) is 0 Å². The van der Waals surface area contributed by atoms with Gasteiger partial charge in [0, 0.05) is 6.42 Å². The van der Waals surface area contributed by atoms with Gasteiger partial charge in [-0.15, -0.1) is 0 Å². The molecule has 0 spiro atoms. The highest BCUT2D eigenvalue weighted by Gasteiger charge is 2.19. The molecule has 1 atom stereocenters. The monoisotopic (exact) mass is 204 g/mol. The molecular weight excluding hydrogens is 188 g/mol. The fourth-order valence-corrected chi connectivity index (χ4v) is 1.95. The Labute approximate surface area is 90.3 Å². The predicted octanol–water partition coefficient (Wildman–Crippen LogP) is 2.71. The van der Waals surface area contributed by atoms with Crippen LogP contribution < -0.4 is 0 Å². The van der Waals surface area contributed by atoms with Crippen molar-refractivity contribution in [3.05, 3.63) is 35.9 Å². The second-order valence-electron chi connectivity index (χ2n) is 4.03. The molecule has 2 nitrogen and oxygen atoms in total. The quantitative estimate of drug-likeness (QED) is 0.708. The summed E-state index contributed by atoms with van der Waals surface area (Å²) in [5, 5.41) is 0. The second-order valence-corrected chi connectivity index (χ2v) is 4.03. The van der Waals surface area contributed by atoms with E-state index in [2.05, 4.69) is 12.1 Å². The summed E-state index contributed by atoms with van der Waals surface area (Å²) in [5.74, 6) is -0.0284. The maximum absolute atomic E-state index is 11.1. The predicted molar refractivity (Wildman–Crippen MR) is 58.5 cm³/mol. The van der Waals surface area contributed by atoms with Crippen LogP contribution in [-0.4, -0.2) is 12.1 Å². The number of carbonyl (C=O) groups is 1. The number of cyclic esters (lactones) is 1. The molecule has 1 aromatic rings. The Morgan fingerprint density at radius 2 is 2.07 bits per heavy atom. The fraction of sp³-hybridized carbons (Fsp3) is 0.462. The van der Waals surface area contributed by atoms with Gasteiger partial charge in [-0.1, -0.05) is 30.3 Å². The zero-order chi connectivity index (χ0) is 10.5. The molecule has 0 aliphatic carbocycles. The Kier molecular flexibility index (Phi) is 3.38. The van der Waals surface area contributed by atoms with E-state index in [1.807, 2.05) is 18.2 Å². The Bertz CT molecular complexity index is 319. The normalized spacial score (nSPS) is 21.1. The molecule has 1 fully saturated rings. The van der Waals surface area contributed by atoms with Gasteiger partial charge in [0.05, 0.1) is 0 Å². The molecule has 1 heterocycles. The second kappa shape index (κ2) is 4.96. The van der Waals surface area contributed by atoms with E-state index >= 15 is 0 Å². The molecule has 1 unspecified atom stereocenters. The van der Waals surface area contributed by atoms with Crippen molar-refractivity contribution in [1.29, 1.82) is 0 Å². The minimum atomic E-state index is -0.0284. The van der Waals surface area contributed by atoms with Crippen LogP contribution in [0.25, 0.3) is 0 Å². The minimum Gasteiger partial charge on any atom is -0.462 e. The summed E-state index contributed by atoms with van der Waals surface area (Å²) < 4.78 is 5.27. The standard InChI is InChI=1S/C13H16O2/c14-13-8-4-7-12(15-13)10-9-11-5-2-1-3-6-11/h1-3,5-6,12H,4,7-10H2. The summed E-state index contributed by atoms with van der Waals surface area (Å²) in [6.45, 7) is 0. The summed E-state index contributed by atoms with van der Waals surface area (Å²) >= 11 is 0. The Hall–Kier alpha value is -1.31. The first kappa shape index (κ1) is 10.2. The van der Waals surface area contributed by atoms with Gasteiger partial charge in [-0.2, -0.15) is 0 Å². The van der Waals surface area contributed by atoms with Gasteiger partial charge in [0.25, 0.3) is 0 Å². The van der Waals surface area contributed by atoms with Crippen LogP contribution in [0.1, 0.15) is 31.2 Å². The molecule has 0 N–H and O–H groups in total. The van der Waals surface area contributed by atoms with Gasteiger partial charge in [-0.3, -0.25) is 4.79 Å². The van der Waals surface area contributed by atoms with Gasteiger partial charge in [0.15, 0.2) is 0 Å². The van der Waals surface area contributed by atoms with E-state index in [1.165, 1.54) is 5.56 Å². The lowest BCUT2D eigenvalue weighted by atomic mass is 10.0. The smallest absolute Gasteiger partial charge is 0.306 e. The molecule has 1 aromatic carbocycles. The van der Waals surface area contributed by atoms with E-state index < -0.39 is 0 Å². The van der Waals surface area contributed by atoms with Crippen molar-refractivity contribution in [2.45, 2.75) is 38.2 Å². The van der Waals surface area contributed by atoms with Gasteiger partial charge in [0.2, 0.25) is 0 Å². The van der Waals surface area contributed by atoms with Crippen molar-refractivity contribution in [2.75, 3.05) is 0 Å². The van der Waals surface area contributed by atoms with E-state index in [4.69, 9.17) is 4.74 Å². The van der Waals surface area contributed by atoms with Gasteiger partial charge >= 0.3 is 5.97 Å². The summed E-state index contributed by atoms with van der Waals surface area (Å²) in [6, 6.07) is 10.3. The third-order valence-electron chi connectivity index (χ3n) is 2.80. The molecule has 15 heavy (non-hydrogen) atoms. The highest BCUT2D eigenvalue weighted by molar-refractivity contribution is 5.70. The molecule has 2 heteroatoms. The Morgan fingerprint density at radius 3 is 2.80 bits per heavy atom. The zero-order valence-corrected chi connectivity index (χ0v) is 8.82. The van der Waals surface area contributed by atoms with E-state index in [1.54, 1.807) is 0 Å². The minimum absolute atomic E-state index is 0.0284. The first-order chi connectivity index (χ1) is 7.34. The number of hydrogen-bond acceptors (Lipinski definition) is 2. The van der Waals surface area contributed by atoms with E-state index in [-0.39, 0.29) is 12.1 Å². The molecule has 0 aromatic heterocycles. The zero-order valence-electron chi connectivity index (χ0n) is 8.82. The van der Waals surface area contributed by atoms with E-state index in [0.29, 0.717) is 6.42 Å². The molecule has 0 amide bonds. The number of aryl methyl sites for hydroxylation is 1. The SMILES string of the molecule is O=C1CCCC(CCc2ccccc2)O1. The average molecular weight is 204 g/mol. The lowest BCUT2D eigenvalue weighted by Crippen LogP contribution is -2.23. The van der Waals surface area contributed by atoms with Gasteiger partial charge < -0.3 is 4.74 Å². The molecule has 80 valence electrons. The van der Waals surface area contributed by atoms with Crippen molar-refractivity contribution >= 4 is 5.97 Å². The van der Waals surface area contributed by atoms with Gasteiger partial charge in [-0.05, 0) is 31.2 Å². The van der Waals surface area contributed by atoms with Crippen LogP contribution in [0.2, 0.25) is 0 Å². The van der Waals surface area contributed by atoms with Gasteiger partial charge in [0.1, 0.15) is 6.10 Å². The first-order valence-corrected chi connectivity index (χ1v) is 5.58. The van der Waals surface area contributed by atoms with Crippen LogP contribution in [-0.2, 0) is 16.0 Å². The third-order valence-corrected chi connectivity index (χ3v) is 2.80. The van der Waals surface area contributed by atoms with Crippen LogP contribution in [0.3, 0.4) is 0 Å². The molecule has 1 aliphatic heterocycles. The van der Waals surface area contributed by atoms with E-state index in [9.17, 15) is 4.79 Å². The molecular formula is C13H16O2. The lowest BCUT2D eigenvalue weighted by Gasteiger charge is -2.22.